The molecule has 0 spiro atoms. The molecule has 7 heteroatoms. The van der Waals surface area contributed by atoms with Gasteiger partial charge < -0.3 is 15.2 Å². The van der Waals surface area contributed by atoms with Crippen molar-refractivity contribution in [1.82, 2.24) is 5.32 Å². The van der Waals surface area contributed by atoms with Crippen molar-refractivity contribution in [2.75, 3.05) is 13.7 Å². The Morgan fingerprint density at radius 1 is 1.41 bits per heavy atom. The number of amides is 1. The highest BCUT2D eigenvalue weighted by Crippen LogP contribution is 2.49. The summed E-state index contributed by atoms with van der Waals surface area (Å²) in [6.07, 6.45) is 0.434. The maximum atomic E-state index is 13.7. The van der Waals surface area contributed by atoms with Crippen molar-refractivity contribution in [3.63, 3.8) is 0 Å². The van der Waals surface area contributed by atoms with Gasteiger partial charge in [-0.3, -0.25) is 4.79 Å². The quantitative estimate of drug-likeness (QED) is 0.803. The second-order valence-corrected chi connectivity index (χ2v) is 5.26. The van der Waals surface area contributed by atoms with E-state index in [1.807, 2.05) is 0 Å². The summed E-state index contributed by atoms with van der Waals surface area (Å²) in [4.78, 5) is 23.1. The Labute approximate surface area is 126 Å². The molecule has 1 aliphatic carbocycles. The first kappa shape index (κ1) is 16.4. The first-order valence-corrected chi connectivity index (χ1v) is 6.91. The molecule has 1 saturated carbocycles. The number of nitrogens with one attached hydrogen (secondary N) is 1. The molecule has 3 unspecified atom stereocenters. The van der Waals surface area contributed by atoms with E-state index < -0.39 is 41.4 Å². The van der Waals surface area contributed by atoms with Crippen LogP contribution in [0, 0.1) is 17.6 Å². The second-order valence-electron chi connectivity index (χ2n) is 5.26. The number of carbonyl (C=O) groups is 2. The van der Waals surface area contributed by atoms with Gasteiger partial charge in [0, 0.05) is 37.5 Å². The number of halogens is 2. The van der Waals surface area contributed by atoms with E-state index in [0.29, 0.717) is 6.42 Å². The van der Waals surface area contributed by atoms with Crippen LogP contribution in [0.15, 0.2) is 18.2 Å². The maximum Gasteiger partial charge on any atom is 0.326 e. The van der Waals surface area contributed by atoms with Crippen LogP contribution in [0.2, 0.25) is 0 Å². The fourth-order valence-corrected chi connectivity index (χ4v) is 2.44. The van der Waals surface area contributed by atoms with Gasteiger partial charge in [0.15, 0.2) is 0 Å². The molecule has 2 rings (SSSR count). The highest BCUT2D eigenvalue weighted by Gasteiger charge is 2.47. The van der Waals surface area contributed by atoms with E-state index in [1.165, 1.54) is 13.2 Å². The van der Waals surface area contributed by atoms with E-state index >= 15 is 0 Å². The van der Waals surface area contributed by atoms with E-state index in [4.69, 9.17) is 9.84 Å². The van der Waals surface area contributed by atoms with Gasteiger partial charge in [0.25, 0.3) is 0 Å². The third kappa shape index (κ3) is 3.59. The lowest BCUT2D eigenvalue weighted by molar-refractivity contribution is -0.142. The van der Waals surface area contributed by atoms with Crippen molar-refractivity contribution >= 4 is 11.9 Å². The third-order valence-corrected chi connectivity index (χ3v) is 3.72. The molecule has 3 atom stereocenters. The van der Waals surface area contributed by atoms with E-state index in [1.54, 1.807) is 0 Å². The molecule has 1 amide bonds. The molecule has 1 aromatic carbocycles. The van der Waals surface area contributed by atoms with Gasteiger partial charge in [0.1, 0.15) is 17.7 Å². The zero-order valence-corrected chi connectivity index (χ0v) is 12.0. The van der Waals surface area contributed by atoms with Crippen LogP contribution in [0.5, 0.6) is 0 Å². The highest BCUT2D eigenvalue weighted by atomic mass is 19.1. The summed E-state index contributed by atoms with van der Waals surface area (Å²) < 4.78 is 32.1. The molecule has 1 aliphatic rings. The lowest BCUT2D eigenvalue weighted by atomic mass is 10.1. The minimum absolute atomic E-state index is 0.105. The first-order valence-electron chi connectivity index (χ1n) is 6.91. The minimum atomic E-state index is -1.17. The number of carboxylic acids is 1. The van der Waals surface area contributed by atoms with Crippen molar-refractivity contribution in [2.24, 2.45) is 5.92 Å². The average Bonchev–Trinajstić information content (AvgIpc) is 3.23. The summed E-state index contributed by atoms with van der Waals surface area (Å²) in [6, 6.07) is 2.48. The number of methoxy groups -OCH3 is 1. The molecule has 1 fully saturated rings. The predicted molar refractivity (Wildman–Crippen MR) is 73.3 cm³/mol. The zero-order chi connectivity index (χ0) is 16.3. The topological polar surface area (TPSA) is 75.6 Å². The van der Waals surface area contributed by atoms with Gasteiger partial charge in [-0.25, -0.2) is 13.6 Å². The number of hydrogen-bond acceptors (Lipinski definition) is 3. The van der Waals surface area contributed by atoms with Gasteiger partial charge in [-0.2, -0.15) is 0 Å². The second kappa shape index (κ2) is 6.83. The molecule has 0 heterocycles. The van der Waals surface area contributed by atoms with Crippen molar-refractivity contribution in [2.45, 2.75) is 24.8 Å². The van der Waals surface area contributed by atoms with Gasteiger partial charge in [-0.1, -0.05) is 6.07 Å². The highest BCUT2D eigenvalue weighted by molar-refractivity contribution is 5.87. The molecule has 0 aromatic heterocycles. The average molecular weight is 313 g/mol. The van der Waals surface area contributed by atoms with E-state index in [2.05, 4.69) is 5.32 Å². The molecular weight excluding hydrogens is 296 g/mol. The van der Waals surface area contributed by atoms with E-state index in [0.717, 1.165) is 12.1 Å². The van der Waals surface area contributed by atoms with Gasteiger partial charge in [-0.05, 0) is 18.6 Å². The molecule has 1 aromatic rings. The predicted octanol–water partition coefficient (Wildman–Crippen LogP) is 1.67. The number of ether oxygens (including phenoxy) is 1. The van der Waals surface area contributed by atoms with Gasteiger partial charge in [0.2, 0.25) is 5.91 Å². The molecule has 0 aliphatic heterocycles. The Bertz CT molecular complexity index is 558. The van der Waals surface area contributed by atoms with Crippen molar-refractivity contribution in [1.29, 1.82) is 0 Å². The maximum absolute atomic E-state index is 13.7. The van der Waals surface area contributed by atoms with E-state index in [9.17, 15) is 18.4 Å². The Morgan fingerprint density at radius 3 is 2.59 bits per heavy atom. The van der Waals surface area contributed by atoms with Crippen LogP contribution in [0.4, 0.5) is 8.78 Å². The largest absolute Gasteiger partial charge is 0.480 e. The SMILES string of the molecule is COCCC(NC(=O)C1CC1c1c(F)cccc1F)C(=O)O. The van der Waals surface area contributed by atoms with Gasteiger partial charge in [0.05, 0.1) is 0 Å². The van der Waals surface area contributed by atoms with E-state index in [-0.39, 0.29) is 18.6 Å². The first-order chi connectivity index (χ1) is 10.5. The summed E-state index contributed by atoms with van der Waals surface area (Å²) in [7, 11) is 1.43. The Kier molecular flexibility index (Phi) is 5.07. The normalized spacial score (nSPS) is 21.2. The Hall–Kier alpha value is -2.02. The van der Waals surface area contributed by atoms with Crippen molar-refractivity contribution in [3.8, 4) is 0 Å². The van der Waals surface area contributed by atoms with Crippen LogP contribution in [-0.2, 0) is 14.3 Å². The summed E-state index contributed by atoms with van der Waals surface area (Å²) in [6.45, 7) is 0.188. The summed E-state index contributed by atoms with van der Waals surface area (Å²) in [5, 5.41) is 11.4. The lowest BCUT2D eigenvalue weighted by Crippen LogP contribution is -2.42. The molecule has 0 radical (unpaired) electrons. The van der Waals surface area contributed by atoms with Crippen LogP contribution < -0.4 is 5.32 Å². The van der Waals surface area contributed by atoms with Crippen LogP contribution in [0.3, 0.4) is 0 Å². The van der Waals surface area contributed by atoms with Crippen LogP contribution >= 0.6 is 0 Å². The van der Waals surface area contributed by atoms with Gasteiger partial charge >= 0.3 is 5.97 Å². The van der Waals surface area contributed by atoms with Crippen molar-refractivity contribution in [3.05, 3.63) is 35.4 Å². The summed E-state index contributed by atoms with van der Waals surface area (Å²) >= 11 is 0. The molecule has 0 bridgehead atoms. The standard InChI is InChI=1S/C15H17F2NO4/c1-22-6-5-12(15(20)21)18-14(19)9-7-8(9)13-10(16)3-2-4-11(13)17/h2-4,8-9,12H,5-7H2,1H3,(H,18,19)(H,20,21). The smallest absolute Gasteiger partial charge is 0.326 e. The number of rotatable bonds is 7. The fourth-order valence-electron chi connectivity index (χ4n) is 2.44. The minimum Gasteiger partial charge on any atom is -0.480 e. The number of benzene rings is 1. The number of aliphatic carboxylic acids is 1. The molecule has 5 nitrogen and oxygen atoms in total. The number of carbonyl (C=O) groups excluding carboxylic acids is 1. The Morgan fingerprint density at radius 2 is 2.05 bits per heavy atom. The fraction of sp³-hybridized carbons (Fsp3) is 0.467. The Balaban J connectivity index is 1.99. The molecule has 22 heavy (non-hydrogen) atoms. The summed E-state index contributed by atoms with van der Waals surface area (Å²) in [5.41, 5.74) is -0.105. The number of hydrogen-bond donors (Lipinski definition) is 2. The van der Waals surface area contributed by atoms with Gasteiger partial charge in [-0.15, -0.1) is 0 Å². The van der Waals surface area contributed by atoms with Crippen LogP contribution in [-0.4, -0.2) is 36.7 Å². The molecular formula is C15H17F2NO4. The van der Waals surface area contributed by atoms with Crippen molar-refractivity contribution < 1.29 is 28.2 Å². The molecule has 0 saturated heterocycles. The monoisotopic (exact) mass is 313 g/mol. The number of carboxylic acid groups (broad SMARTS) is 1. The molecule has 2 N–H and O–H groups in total. The third-order valence-electron chi connectivity index (χ3n) is 3.72. The van der Waals surface area contributed by atoms with Crippen LogP contribution in [0.1, 0.15) is 24.3 Å². The zero-order valence-electron chi connectivity index (χ0n) is 12.0. The molecule has 120 valence electrons. The lowest BCUT2D eigenvalue weighted by Gasteiger charge is -2.14. The summed E-state index contributed by atoms with van der Waals surface area (Å²) in [5.74, 6) is -4.19. The van der Waals surface area contributed by atoms with Crippen LogP contribution in [0.25, 0.3) is 0 Å².